The highest BCUT2D eigenvalue weighted by Crippen LogP contribution is 2.32. The van der Waals surface area contributed by atoms with Gasteiger partial charge in [-0.3, -0.25) is 4.79 Å². The number of aliphatic imine (C=N–C) groups is 1. The Morgan fingerprint density at radius 3 is 2.81 bits per heavy atom. The molecule has 0 radical (unpaired) electrons. The van der Waals surface area contributed by atoms with Crippen LogP contribution >= 0.6 is 27.7 Å². The van der Waals surface area contributed by atoms with E-state index in [-0.39, 0.29) is 11.1 Å². The molecule has 0 atom stereocenters. The van der Waals surface area contributed by atoms with Gasteiger partial charge in [0, 0.05) is 16.1 Å². The van der Waals surface area contributed by atoms with Gasteiger partial charge in [0.15, 0.2) is 5.17 Å². The molecule has 0 spiro atoms. The molecule has 0 fully saturated rings. The normalized spacial score (nSPS) is 16.6. The minimum absolute atomic E-state index is 0.263. The van der Waals surface area contributed by atoms with Gasteiger partial charge in [0.1, 0.15) is 11.5 Å². The van der Waals surface area contributed by atoms with Gasteiger partial charge >= 0.3 is 0 Å². The fourth-order valence-corrected chi connectivity index (χ4v) is 3.30. The molecule has 21 heavy (non-hydrogen) atoms. The lowest BCUT2D eigenvalue weighted by Gasteiger charge is -2.02. The van der Waals surface area contributed by atoms with Crippen LogP contribution < -0.4 is 5.73 Å². The number of carbonyl (C=O) groups excluding carboxylic acids is 1. The molecule has 1 aromatic carbocycles. The highest BCUT2D eigenvalue weighted by molar-refractivity contribution is 9.10. The van der Waals surface area contributed by atoms with Crippen LogP contribution in [0.4, 0.5) is 0 Å². The fraction of sp³-hybridized carbons (Fsp3) is 0.0667. The van der Waals surface area contributed by atoms with Crippen molar-refractivity contribution in [1.82, 2.24) is 0 Å². The van der Waals surface area contributed by atoms with E-state index < -0.39 is 0 Å². The summed E-state index contributed by atoms with van der Waals surface area (Å²) in [4.78, 5) is 15.7. The molecule has 1 aliphatic heterocycles. The highest BCUT2D eigenvalue weighted by atomic mass is 79.9. The minimum Gasteiger partial charge on any atom is -0.457 e. The Balaban J connectivity index is 1.91. The van der Waals surface area contributed by atoms with Crippen molar-refractivity contribution in [2.45, 2.75) is 6.92 Å². The van der Waals surface area contributed by atoms with Crippen LogP contribution in [0.2, 0.25) is 0 Å². The summed E-state index contributed by atoms with van der Waals surface area (Å²) < 4.78 is 6.74. The summed E-state index contributed by atoms with van der Waals surface area (Å²) in [7, 11) is 0. The second-order valence-corrected chi connectivity index (χ2v) is 6.47. The van der Waals surface area contributed by atoms with Gasteiger partial charge in [-0.1, -0.05) is 22.0 Å². The Hall–Kier alpha value is -1.79. The number of furan rings is 1. The van der Waals surface area contributed by atoms with Crippen molar-refractivity contribution in [2.75, 3.05) is 0 Å². The molecule has 0 saturated carbocycles. The molecule has 6 heteroatoms. The molecule has 2 N–H and O–H groups in total. The van der Waals surface area contributed by atoms with Crippen molar-refractivity contribution >= 4 is 44.8 Å². The lowest BCUT2D eigenvalue weighted by molar-refractivity contribution is -0.113. The maximum atomic E-state index is 11.6. The Kier molecular flexibility index (Phi) is 3.73. The first-order valence-electron chi connectivity index (χ1n) is 6.17. The molecule has 1 aliphatic rings. The summed E-state index contributed by atoms with van der Waals surface area (Å²) in [6.07, 6.45) is 1.65. The number of thioether (sulfide) groups is 1. The molecule has 106 valence electrons. The monoisotopic (exact) mass is 362 g/mol. The van der Waals surface area contributed by atoms with Crippen molar-refractivity contribution in [3.63, 3.8) is 0 Å². The van der Waals surface area contributed by atoms with Crippen molar-refractivity contribution in [3.8, 4) is 11.3 Å². The maximum absolute atomic E-state index is 11.6. The average molecular weight is 363 g/mol. The number of nitrogens with two attached hydrogens (primary N) is 1. The highest BCUT2D eigenvalue weighted by Gasteiger charge is 2.20. The second kappa shape index (κ2) is 5.54. The third-order valence-corrected chi connectivity index (χ3v) is 4.40. The van der Waals surface area contributed by atoms with Gasteiger partial charge in [0.05, 0.1) is 4.91 Å². The van der Waals surface area contributed by atoms with Crippen LogP contribution in [0.25, 0.3) is 17.4 Å². The van der Waals surface area contributed by atoms with Gasteiger partial charge in [-0.25, -0.2) is 0 Å². The van der Waals surface area contributed by atoms with Gasteiger partial charge in [0.25, 0.3) is 5.91 Å². The first-order valence-corrected chi connectivity index (χ1v) is 7.78. The van der Waals surface area contributed by atoms with E-state index in [1.54, 1.807) is 6.08 Å². The maximum Gasteiger partial charge on any atom is 0.286 e. The molecule has 2 aromatic rings. The summed E-state index contributed by atoms with van der Waals surface area (Å²) in [6.45, 7) is 2.03. The Bertz CT molecular complexity index is 793. The zero-order chi connectivity index (χ0) is 15.0. The predicted octanol–water partition coefficient (Wildman–Crippen LogP) is 3.95. The molecule has 0 saturated heterocycles. The SMILES string of the molecule is Cc1ccc(-c2ccc(C=C3SC(N)=NC3=O)o2)c(Br)c1. The van der Waals surface area contributed by atoms with Gasteiger partial charge in [0.2, 0.25) is 0 Å². The van der Waals surface area contributed by atoms with Gasteiger partial charge < -0.3 is 10.2 Å². The number of aryl methyl sites for hydroxylation is 1. The molecule has 1 aromatic heterocycles. The number of rotatable bonds is 2. The minimum atomic E-state index is -0.327. The number of amidine groups is 1. The van der Waals surface area contributed by atoms with E-state index in [1.165, 1.54) is 5.56 Å². The largest absolute Gasteiger partial charge is 0.457 e. The first-order chi connectivity index (χ1) is 10.0. The number of halogens is 1. The van der Waals surface area contributed by atoms with E-state index in [0.717, 1.165) is 27.6 Å². The van der Waals surface area contributed by atoms with Gasteiger partial charge in [-0.15, -0.1) is 0 Å². The van der Waals surface area contributed by atoms with Crippen LogP contribution in [0, 0.1) is 6.92 Å². The summed E-state index contributed by atoms with van der Waals surface area (Å²) >= 11 is 4.68. The number of hydrogen-bond acceptors (Lipinski definition) is 4. The van der Waals surface area contributed by atoms with Crippen LogP contribution in [-0.4, -0.2) is 11.1 Å². The van der Waals surface area contributed by atoms with Crippen molar-refractivity contribution in [3.05, 3.63) is 51.0 Å². The number of hydrogen-bond donors (Lipinski definition) is 1. The third-order valence-electron chi connectivity index (χ3n) is 2.93. The molecule has 1 amide bonds. The molecule has 0 bridgehead atoms. The number of carbonyl (C=O) groups is 1. The van der Waals surface area contributed by atoms with Crippen LogP contribution in [0.1, 0.15) is 11.3 Å². The standard InChI is InChI=1S/C15H11BrN2O2S/c1-8-2-4-10(11(16)6-8)12-5-3-9(20-12)7-13-14(19)18-15(17)21-13/h2-7H,1H3,(H2,17,18,19). The Morgan fingerprint density at radius 2 is 2.14 bits per heavy atom. The summed E-state index contributed by atoms with van der Waals surface area (Å²) in [6, 6.07) is 9.73. The van der Waals surface area contributed by atoms with E-state index >= 15 is 0 Å². The average Bonchev–Trinajstić information content (AvgIpc) is 2.97. The lowest BCUT2D eigenvalue weighted by Crippen LogP contribution is -2.01. The third kappa shape index (κ3) is 2.96. The van der Waals surface area contributed by atoms with E-state index in [0.29, 0.717) is 10.7 Å². The lowest BCUT2D eigenvalue weighted by atomic mass is 10.1. The van der Waals surface area contributed by atoms with Crippen LogP contribution in [0.15, 0.2) is 49.1 Å². The van der Waals surface area contributed by atoms with E-state index in [2.05, 4.69) is 20.9 Å². The quantitative estimate of drug-likeness (QED) is 0.821. The fourth-order valence-electron chi connectivity index (χ4n) is 1.95. The van der Waals surface area contributed by atoms with E-state index in [4.69, 9.17) is 10.2 Å². The summed E-state index contributed by atoms with van der Waals surface area (Å²) in [5, 5.41) is 0.263. The van der Waals surface area contributed by atoms with Crippen LogP contribution in [-0.2, 0) is 4.79 Å². The molecular formula is C15H11BrN2O2S. The zero-order valence-corrected chi connectivity index (χ0v) is 13.5. The Labute approximate surface area is 134 Å². The molecule has 2 heterocycles. The van der Waals surface area contributed by atoms with Gasteiger partial charge in [-0.2, -0.15) is 4.99 Å². The van der Waals surface area contributed by atoms with Crippen LogP contribution in [0.3, 0.4) is 0 Å². The van der Waals surface area contributed by atoms with Crippen molar-refractivity contribution in [2.24, 2.45) is 10.7 Å². The van der Waals surface area contributed by atoms with E-state index in [1.807, 2.05) is 37.3 Å². The molecular weight excluding hydrogens is 352 g/mol. The van der Waals surface area contributed by atoms with Crippen molar-refractivity contribution < 1.29 is 9.21 Å². The first kappa shape index (κ1) is 14.2. The van der Waals surface area contributed by atoms with Crippen molar-refractivity contribution in [1.29, 1.82) is 0 Å². The number of benzene rings is 1. The Morgan fingerprint density at radius 1 is 1.33 bits per heavy atom. The summed E-state index contributed by atoms with van der Waals surface area (Å²) in [5.41, 5.74) is 7.64. The number of nitrogens with zero attached hydrogens (tertiary/aromatic N) is 1. The predicted molar refractivity (Wildman–Crippen MR) is 88.8 cm³/mol. The van der Waals surface area contributed by atoms with E-state index in [9.17, 15) is 4.79 Å². The smallest absolute Gasteiger partial charge is 0.286 e. The topological polar surface area (TPSA) is 68.6 Å². The molecule has 4 nitrogen and oxygen atoms in total. The number of amides is 1. The van der Waals surface area contributed by atoms with Gasteiger partial charge in [-0.05, 0) is 48.5 Å². The second-order valence-electron chi connectivity index (χ2n) is 4.55. The zero-order valence-electron chi connectivity index (χ0n) is 11.1. The molecule has 0 unspecified atom stereocenters. The summed E-state index contributed by atoms with van der Waals surface area (Å²) in [5.74, 6) is 1.00. The molecule has 3 rings (SSSR count). The molecule has 0 aliphatic carbocycles. The van der Waals surface area contributed by atoms with Crippen LogP contribution in [0.5, 0.6) is 0 Å².